The molecule has 0 atom stereocenters. The smallest absolute Gasteiger partial charge is 0.135 e. The molecule has 4 aromatic carbocycles. The fourth-order valence-electron chi connectivity index (χ4n) is 3.50. The van der Waals surface area contributed by atoms with Crippen LogP contribution in [-0.2, 0) is 0 Å². The summed E-state index contributed by atoms with van der Waals surface area (Å²) in [5, 5.41) is 4.96. The van der Waals surface area contributed by atoms with Crippen molar-refractivity contribution in [3.8, 4) is 16.9 Å². The number of hydrogen-bond donors (Lipinski definition) is 0. The summed E-state index contributed by atoms with van der Waals surface area (Å²) >= 11 is 0. The lowest BCUT2D eigenvalue weighted by atomic mass is 9.91. The summed E-state index contributed by atoms with van der Waals surface area (Å²) in [4.78, 5) is 0. The lowest BCUT2D eigenvalue weighted by Gasteiger charge is -2.13. The molecule has 0 unspecified atom stereocenters. The van der Waals surface area contributed by atoms with Gasteiger partial charge in [-0.2, -0.15) is 0 Å². The zero-order valence-electron chi connectivity index (χ0n) is 12.5. The topological polar surface area (TPSA) is 9.23 Å². The minimum atomic E-state index is 0.911. The van der Waals surface area contributed by atoms with Crippen molar-refractivity contribution in [1.82, 2.24) is 0 Å². The number of ether oxygens (including phenoxy) is 1. The second-order valence-electron chi connectivity index (χ2n) is 5.83. The zero-order chi connectivity index (χ0) is 15.2. The molecule has 0 saturated carbocycles. The van der Waals surface area contributed by atoms with Gasteiger partial charge in [0.15, 0.2) is 0 Å². The van der Waals surface area contributed by atoms with Crippen LogP contribution >= 0.6 is 0 Å². The molecule has 0 fully saturated rings. The predicted octanol–water partition coefficient (Wildman–Crippen LogP) is 6.02. The highest BCUT2D eigenvalue weighted by molar-refractivity contribution is 6.06. The van der Waals surface area contributed by atoms with Crippen LogP contribution < -0.4 is 4.74 Å². The summed E-state index contributed by atoms with van der Waals surface area (Å²) in [5.41, 5.74) is 3.62. The number of hydrogen-bond acceptors (Lipinski definition) is 1. The van der Waals surface area contributed by atoms with Crippen LogP contribution in [0, 0.1) is 0 Å². The first kappa shape index (κ1) is 12.5. The van der Waals surface area contributed by atoms with E-state index in [1.807, 2.05) is 0 Å². The Kier molecular flexibility index (Phi) is 2.56. The highest BCUT2D eigenvalue weighted by Gasteiger charge is 2.17. The van der Waals surface area contributed by atoms with Crippen LogP contribution in [0.25, 0.3) is 38.7 Å². The molecular weight excluding hydrogens is 280 g/mol. The Morgan fingerprint density at radius 2 is 1.30 bits per heavy atom. The Morgan fingerprint density at radius 3 is 2.17 bits per heavy atom. The van der Waals surface area contributed by atoms with E-state index < -0.39 is 0 Å². The van der Waals surface area contributed by atoms with Gasteiger partial charge in [-0.1, -0.05) is 66.7 Å². The first-order valence-electron chi connectivity index (χ1n) is 7.79. The van der Waals surface area contributed by atoms with Gasteiger partial charge in [-0.3, -0.25) is 0 Å². The minimum absolute atomic E-state index is 0.911. The van der Waals surface area contributed by atoms with Crippen molar-refractivity contribution < 1.29 is 4.74 Å². The van der Waals surface area contributed by atoms with Crippen LogP contribution in [0.1, 0.15) is 5.56 Å². The van der Waals surface area contributed by atoms with Gasteiger partial charge >= 0.3 is 0 Å². The third-order valence-corrected chi connectivity index (χ3v) is 4.56. The molecule has 0 bridgehead atoms. The summed E-state index contributed by atoms with van der Waals surface area (Å²) in [6.45, 7) is 0. The van der Waals surface area contributed by atoms with Gasteiger partial charge in [-0.15, -0.1) is 0 Å². The van der Waals surface area contributed by atoms with Gasteiger partial charge in [0.25, 0.3) is 0 Å². The molecule has 0 N–H and O–H groups in total. The van der Waals surface area contributed by atoms with Gasteiger partial charge in [0.2, 0.25) is 0 Å². The number of fused-ring (bicyclic) bond motifs is 7. The van der Waals surface area contributed by atoms with Gasteiger partial charge in [0.1, 0.15) is 5.75 Å². The molecule has 0 spiro atoms. The highest BCUT2D eigenvalue weighted by Crippen LogP contribution is 2.42. The molecule has 1 aliphatic rings. The fourth-order valence-corrected chi connectivity index (χ4v) is 3.50. The third-order valence-electron chi connectivity index (χ3n) is 4.56. The SMILES string of the molecule is C1=Cc2c(ccc3ccccc23)-c2c(ccc3ccccc23)O1. The molecule has 5 rings (SSSR count). The standard InChI is InChI=1S/C22H14O/c1-3-7-17-15(5-1)9-11-20-19(17)13-14-23-21-12-10-16-6-2-4-8-18(16)22(20)21/h1-14H. The molecule has 4 aromatic rings. The Bertz CT molecular complexity index is 1090. The van der Waals surface area contributed by atoms with Gasteiger partial charge < -0.3 is 4.74 Å². The van der Waals surface area contributed by atoms with E-state index in [9.17, 15) is 0 Å². The van der Waals surface area contributed by atoms with E-state index >= 15 is 0 Å². The van der Waals surface area contributed by atoms with Gasteiger partial charge in [0, 0.05) is 5.56 Å². The first-order valence-corrected chi connectivity index (χ1v) is 7.79. The van der Waals surface area contributed by atoms with Gasteiger partial charge in [-0.05, 0) is 44.8 Å². The largest absolute Gasteiger partial charge is 0.464 e. The lowest BCUT2D eigenvalue weighted by Crippen LogP contribution is -1.89. The van der Waals surface area contributed by atoms with Crippen LogP contribution in [0.2, 0.25) is 0 Å². The third kappa shape index (κ3) is 1.80. The molecule has 23 heavy (non-hydrogen) atoms. The number of benzene rings is 4. The second kappa shape index (κ2) is 4.72. The van der Waals surface area contributed by atoms with Crippen molar-refractivity contribution in [3.63, 3.8) is 0 Å². The Labute approximate surface area is 134 Å². The number of rotatable bonds is 0. The van der Waals surface area contributed by atoms with Crippen LogP contribution in [0.3, 0.4) is 0 Å². The maximum Gasteiger partial charge on any atom is 0.135 e. The van der Waals surface area contributed by atoms with E-state index in [1.165, 1.54) is 38.2 Å². The molecule has 108 valence electrons. The Balaban J connectivity index is 1.97. The van der Waals surface area contributed by atoms with E-state index in [4.69, 9.17) is 4.74 Å². The lowest BCUT2D eigenvalue weighted by molar-refractivity contribution is 0.489. The van der Waals surface area contributed by atoms with E-state index in [-0.39, 0.29) is 0 Å². The zero-order valence-corrected chi connectivity index (χ0v) is 12.5. The molecule has 0 aromatic heterocycles. The maximum atomic E-state index is 5.91. The van der Waals surface area contributed by atoms with Crippen LogP contribution in [0.4, 0.5) is 0 Å². The summed E-state index contributed by atoms with van der Waals surface area (Å²) in [7, 11) is 0. The molecule has 0 amide bonds. The van der Waals surface area contributed by atoms with Crippen LogP contribution in [0.15, 0.2) is 79.1 Å². The van der Waals surface area contributed by atoms with Gasteiger partial charge in [-0.25, -0.2) is 0 Å². The second-order valence-corrected chi connectivity index (χ2v) is 5.83. The Morgan fingerprint density at radius 1 is 0.609 bits per heavy atom. The summed E-state index contributed by atoms with van der Waals surface area (Å²) < 4.78 is 5.91. The van der Waals surface area contributed by atoms with E-state index in [1.54, 1.807) is 6.26 Å². The minimum Gasteiger partial charge on any atom is -0.464 e. The summed E-state index contributed by atoms with van der Waals surface area (Å²) in [6.07, 6.45) is 3.87. The van der Waals surface area contributed by atoms with Crippen LogP contribution in [-0.4, -0.2) is 0 Å². The molecular formula is C22H14O. The highest BCUT2D eigenvalue weighted by atomic mass is 16.5. The molecule has 1 nitrogen and oxygen atoms in total. The fraction of sp³-hybridized carbons (Fsp3) is 0. The quantitative estimate of drug-likeness (QED) is 0.385. The molecule has 1 heteroatoms. The monoisotopic (exact) mass is 294 g/mol. The van der Waals surface area contributed by atoms with E-state index in [2.05, 4.69) is 78.9 Å². The molecule has 1 aliphatic heterocycles. The van der Waals surface area contributed by atoms with E-state index in [0.29, 0.717) is 0 Å². The normalized spacial score (nSPS) is 12.5. The van der Waals surface area contributed by atoms with Crippen molar-refractivity contribution in [1.29, 1.82) is 0 Å². The molecule has 1 heterocycles. The van der Waals surface area contributed by atoms with Crippen molar-refractivity contribution in [2.45, 2.75) is 0 Å². The van der Waals surface area contributed by atoms with E-state index in [0.717, 1.165) is 5.75 Å². The molecule has 0 aliphatic carbocycles. The van der Waals surface area contributed by atoms with Crippen molar-refractivity contribution in [3.05, 3.63) is 84.6 Å². The summed E-state index contributed by atoms with van der Waals surface area (Å²) in [5.74, 6) is 0.911. The predicted molar refractivity (Wildman–Crippen MR) is 96.6 cm³/mol. The van der Waals surface area contributed by atoms with Crippen molar-refractivity contribution >= 4 is 27.6 Å². The molecule has 0 radical (unpaired) electrons. The van der Waals surface area contributed by atoms with Crippen molar-refractivity contribution in [2.24, 2.45) is 0 Å². The Hall–Kier alpha value is -3.06. The average molecular weight is 294 g/mol. The first-order chi connectivity index (χ1) is 11.4. The van der Waals surface area contributed by atoms with Crippen molar-refractivity contribution in [2.75, 3.05) is 0 Å². The average Bonchev–Trinajstić information content (AvgIpc) is 2.81. The molecule has 0 saturated heterocycles. The van der Waals surface area contributed by atoms with Gasteiger partial charge in [0.05, 0.1) is 6.26 Å². The summed E-state index contributed by atoms with van der Waals surface area (Å²) in [6, 6.07) is 25.6. The van der Waals surface area contributed by atoms with Crippen LogP contribution in [0.5, 0.6) is 5.75 Å². The maximum absolute atomic E-state index is 5.91.